The molecule has 2 saturated heterocycles. The fraction of sp³-hybridized carbons (Fsp3) is 0.667. The van der Waals surface area contributed by atoms with Crippen molar-refractivity contribution >= 4 is 31.8 Å². The van der Waals surface area contributed by atoms with Crippen molar-refractivity contribution < 1.29 is 13.2 Å². The van der Waals surface area contributed by atoms with E-state index in [1.807, 2.05) is 0 Å². The smallest absolute Gasteiger partial charge is 0.239 e. The molecule has 0 unspecified atom stereocenters. The average Bonchev–Trinajstić information content (AvgIpc) is 2.58. The van der Waals surface area contributed by atoms with E-state index < -0.39 is 10.0 Å². The Labute approximate surface area is 151 Å². The van der Waals surface area contributed by atoms with Gasteiger partial charge in [-0.1, -0.05) is 0 Å². The summed E-state index contributed by atoms with van der Waals surface area (Å²) in [5.41, 5.74) is 0. The molecular formula is C15H23BrN4O3S. The van der Waals surface area contributed by atoms with Crippen LogP contribution in [0.5, 0.6) is 0 Å². The SMILES string of the molecule is NS(=O)(=O)c1cnc(N(C2CCNCC2)C2CCOCC2)c(Br)c1. The first-order valence-corrected chi connectivity index (χ1v) is 10.6. The summed E-state index contributed by atoms with van der Waals surface area (Å²) in [4.78, 5) is 6.84. The zero-order valence-corrected chi connectivity index (χ0v) is 15.9. The predicted molar refractivity (Wildman–Crippen MR) is 95.5 cm³/mol. The normalized spacial score (nSPS) is 20.9. The summed E-state index contributed by atoms with van der Waals surface area (Å²) in [7, 11) is -3.76. The number of nitrogens with one attached hydrogen (secondary N) is 1. The van der Waals surface area contributed by atoms with Crippen molar-refractivity contribution in [1.82, 2.24) is 10.3 Å². The molecule has 2 aliphatic heterocycles. The van der Waals surface area contributed by atoms with Gasteiger partial charge in [0.15, 0.2) is 0 Å². The van der Waals surface area contributed by atoms with Gasteiger partial charge in [-0.05, 0) is 60.8 Å². The first-order chi connectivity index (χ1) is 11.5. The zero-order chi connectivity index (χ0) is 17.2. The number of anilines is 1. The van der Waals surface area contributed by atoms with Crippen molar-refractivity contribution in [2.75, 3.05) is 31.2 Å². The molecule has 9 heteroatoms. The van der Waals surface area contributed by atoms with Gasteiger partial charge in [0.25, 0.3) is 0 Å². The van der Waals surface area contributed by atoms with Crippen LogP contribution < -0.4 is 15.4 Å². The minimum absolute atomic E-state index is 0.0235. The molecule has 0 radical (unpaired) electrons. The Morgan fingerprint density at radius 1 is 1.21 bits per heavy atom. The summed E-state index contributed by atoms with van der Waals surface area (Å²) in [5.74, 6) is 0.793. The second kappa shape index (κ2) is 7.65. The number of primary sulfonamides is 1. The Kier molecular flexibility index (Phi) is 5.76. The lowest BCUT2D eigenvalue weighted by Crippen LogP contribution is -2.50. The Hall–Kier alpha value is -0.740. The molecule has 0 aliphatic carbocycles. The van der Waals surface area contributed by atoms with Gasteiger partial charge in [0.05, 0.1) is 4.47 Å². The third kappa shape index (κ3) is 4.08. The first-order valence-electron chi connectivity index (χ1n) is 8.22. The van der Waals surface area contributed by atoms with Gasteiger partial charge in [0.1, 0.15) is 10.7 Å². The molecular weight excluding hydrogens is 396 g/mol. The molecule has 0 spiro atoms. The summed E-state index contributed by atoms with van der Waals surface area (Å²) < 4.78 is 29.3. The predicted octanol–water partition coefficient (Wildman–Crippen LogP) is 1.23. The quantitative estimate of drug-likeness (QED) is 0.762. The highest BCUT2D eigenvalue weighted by Gasteiger charge is 2.31. The molecule has 7 nitrogen and oxygen atoms in total. The molecule has 0 atom stereocenters. The van der Waals surface area contributed by atoms with Gasteiger partial charge in [-0.25, -0.2) is 18.5 Å². The van der Waals surface area contributed by atoms with Gasteiger partial charge in [-0.15, -0.1) is 0 Å². The lowest BCUT2D eigenvalue weighted by atomic mass is 9.98. The third-order valence-electron chi connectivity index (χ3n) is 4.66. The van der Waals surface area contributed by atoms with Gasteiger partial charge in [-0.3, -0.25) is 0 Å². The van der Waals surface area contributed by atoms with E-state index in [2.05, 4.69) is 31.1 Å². The fourth-order valence-corrected chi connectivity index (χ4v) is 4.64. The molecule has 0 bridgehead atoms. The molecule has 0 saturated carbocycles. The lowest BCUT2D eigenvalue weighted by molar-refractivity contribution is 0.0815. The van der Waals surface area contributed by atoms with Crippen LogP contribution in [0.1, 0.15) is 25.7 Å². The van der Waals surface area contributed by atoms with Gasteiger partial charge in [-0.2, -0.15) is 0 Å². The standard InChI is InChI=1S/C15H23BrN4O3S/c16-14-9-13(24(17,21)22)10-19-15(14)20(11-1-5-18-6-2-11)12-3-7-23-8-4-12/h9-12,18H,1-8H2,(H2,17,21,22). The second-order valence-corrected chi connectivity index (χ2v) is 8.67. The Morgan fingerprint density at radius 3 is 2.42 bits per heavy atom. The summed E-state index contributed by atoms with van der Waals surface area (Å²) in [6.45, 7) is 3.46. The van der Waals surface area contributed by atoms with E-state index in [1.54, 1.807) is 6.07 Å². The maximum atomic E-state index is 11.5. The van der Waals surface area contributed by atoms with Crippen molar-refractivity contribution in [1.29, 1.82) is 0 Å². The number of sulfonamides is 1. The number of ether oxygens (including phenoxy) is 1. The zero-order valence-electron chi connectivity index (χ0n) is 13.4. The van der Waals surface area contributed by atoms with Crippen LogP contribution in [0.3, 0.4) is 0 Å². The molecule has 0 amide bonds. The summed E-state index contributed by atoms with van der Waals surface area (Å²) in [5, 5.41) is 8.60. The topological polar surface area (TPSA) is 97.6 Å². The highest BCUT2D eigenvalue weighted by atomic mass is 79.9. The van der Waals surface area contributed by atoms with Crippen LogP contribution in [-0.4, -0.2) is 51.8 Å². The van der Waals surface area contributed by atoms with Gasteiger partial charge >= 0.3 is 0 Å². The Balaban J connectivity index is 1.95. The van der Waals surface area contributed by atoms with Crippen LogP contribution >= 0.6 is 15.9 Å². The molecule has 3 N–H and O–H groups in total. The van der Waals surface area contributed by atoms with Crippen molar-refractivity contribution in [3.05, 3.63) is 16.7 Å². The highest BCUT2D eigenvalue weighted by Crippen LogP contribution is 2.33. The van der Waals surface area contributed by atoms with E-state index in [0.29, 0.717) is 16.6 Å². The van der Waals surface area contributed by atoms with Crippen LogP contribution in [0.25, 0.3) is 0 Å². The van der Waals surface area contributed by atoms with Gasteiger partial charge in [0.2, 0.25) is 10.0 Å². The molecule has 1 aromatic rings. The molecule has 0 aromatic carbocycles. The van der Waals surface area contributed by atoms with Crippen LogP contribution in [0.4, 0.5) is 5.82 Å². The minimum Gasteiger partial charge on any atom is -0.381 e. The average molecular weight is 419 g/mol. The van der Waals surface area contributed by atoms with E-state index in [-0.39, 0.29) is 4.90 Å². The van der Waals surface area contributed by atoms with E-state index >= 15 is 0 Å². The number of rotatable bonds is 4. The first kappa shape index (κ1) is 18.1. The van der Waals surface area contributed by atoms with Gasteiger partial charge < -0.3 is 15.0 Å². The van der Waals surface area contributed by atoms with Crippen molar-refractivity contribution in [3.8, 4) is 0 Å². The van der Waals surface area contributed by atoms with E-state index in [1.165, 1.54) is 6.20 Å². The van der Waals surface area contributed by atoms with E-state index in [9.17, 15) is 8.42 Å². The van der Waals surface area contributed by atoms with Crippen molar-refractivity contribution in [3.63, 3.8) is 0 Å². The minimum atomic E-state index is -3.76. The largest absolute Gasteiger partial charge is 0.381 e. The highest BCUT2D eigenvalue weighted by molar-refractivity contribution is 9.10. The fourth-order valence-electron chi connectivity index (χ4n) is 3.45. The maximum Gasteiger partial charge on any atom is 0.239 e. The molecule has 1 aromatic heterocycles. The number of piperidine rings is 1. The van der Waals surface area contributed by atoms with Crippen LogP contribution in [-0.2, 0) is 14.8 Å². The van der Waals surface area contributed by atoms with Crippen LogP contribution in [0.2, 0.25) is 0 Å². The number of hydrogen-bond donors (Lipinski definition) is 2. The summed E-state index contributed by atoms with van der Waals surface area (Å²) in [6, 6.07) is 2.29. The molecule has 2 fully saturated rings. The maximum absolute atomic E-state index is 11.5. The second-order valence-electron chi connectivity index (χ2n) is 6.25. The number of hydrogen-bond acceptors (Lipinski definition) is 6. The summed E-state index contributed by atoms with van der Waals surface area (Å²) >= 11 is 3.50. The number of nitrogens with zero attached hydrogens (tertiary/aromatic N) is 2. The van der Waals surface area contributed by atoms with Gasteiger partial charge in [0, 0.05) is 31.5 Å². The third-order valence-corrected chi connectivity index (χ3v) is 6.12. The Bertz CT molecular complexity index is 655. The number of nitrogens with two attached hydrogens (primary N) is 1. The molecule has 24 heavy (non-hydrogen) atoms. The molecule has 134 valence electrons. The lowest BCUT2D eigenvalue weighted by Gasteiger charge is -2.43. The molecule has 3 rings (SSSR count). The van der Waals surface area contributed by atoms with Crippen molar-refractivity contribution in [2.24, 2.45) is 5.14 Å². The Morgan fingerprint density at radius 2 is 1.83 bits per heavy atom. The van der Waals surface area contributed by atoms with Crippen molar-refractivity contribution in [2.45, 2.75) is 42.7 Å². The van der Waals surface area contributed by atoms with E-state index in [4.69, 9.17) is 9.88 Å². The monoisotopic (exact) mass is 418 g/mol. The molecule has 3 heterocycles. The summed E-state index contributed by atoms with van der Waals surface area (Å²) in [6.07, 6.45) is 5.34. The number of halogens is 1. The number of aromatic nitrogens is 1. The molecule has 2 aliphatic rings. The van der Waals surface area contributed by atoms with E-state index in [0.717, 1.165) is 57.8 Å². The van der Waals surface area contributed by atoms with Crippen LogP contribution in [0.15, 0.2) is 21.6 Å². The number of pyridine rings is 1. The van der Waals surface area contributed by atoms with Crippen LogP contribution in [0, 0.1) is 0 Å².